The first kappa shape index (κ1) is 31.9. The van der Waals surface area contributed by atoms with Crippen LogP contribution in [0.4, 0.5) is 0 Å². The standard InChI is InChI=1S/C29H39ClN6O5S/c1-34-12-14-35(15-13-34)27(37)17-25(33-42(40,41)20-21-6-3-2-4-7-21)29(39)36-11-5-8-26(36)28(38)32-19-23-16-24(30)10-9-22(23)18-31/h2-4,6-7,9-10,16,25-26,33H,5,8,11-15,17-20,31H2,1H3,(H,32,38)/t25?,26-/m0/s1. The van der Waals surface area contributed by atoms with Crippen LogP contribution >= 0.6 is 11.6 Å². The van der Waals surface area contributed by atoms with Crippen molar-refractivity contribution in [3.05, 3.63) is 70.2 Å². The summed E-state index contributed by atoms with van der Waals surface area (Å²) in [7, 11) is -2.02. The molecule has 2 aliphatic rings. The Morgan fingerprint density at radius 1 is 1.02 bits per heavy atom. The molecule has 2 saturated heterocycles. The third kappa shape index (κ3) is 8.51. The van der Waals surface area contributed by atoms with Gasteiger partial charge in [-0.05, 0) is 48.7 Å². The maximum absolute atomic E-state index is 13.9. The van der Waals surface area contributed by atoms with E-state index in [2.05, 4.69) is 14.9 Å². The van der Waals surface area contributed by atoms with Gasteiger partial charge in [0.05, 0.1) is 12.2 Å². The van der Waals surface area contributed by atoms with Gasteiger partial charge in [0.1, 0.15) is 12.1 Å². The lowest BCUT2D eigenvalue weighted by atomic mass is 10.1. The Hall–Kier alpha value is -3.03. The Labute approximate surface area is 252 Å². The Bertz CT molecular complexity index is 1370. The highest BCUT2D eigenvalue weighted by atomic mass is 35.5. The third-order valence-electron chi connectivity index (χ3n) is 7.73. The molecule has 2 heterocycles. The number of nitrogens with zero attached hydrogens (tertiary/aromatic N) is 3. The average Bonchev–Trinajstić information content (AvgIpc) is 3.46. The second-order valence-electron chi connectivity index (χ2n) is 10.8. The Morgan fingerprint density at radius 2 is 1.74 bits per heavy atom. The molecule has 0 aliphatic carbocycles. The molecule has 0 spiro atoms. The Morgan fingerprint density at radius 3 is 2.43 bits per heavy atom. The van der Waals surface area contributed by atoms with Crippen molar-refractivity contribution in [3.63, 3.8) is 0 Å². The van der Waals surface area contributed by atoms with Crippen LogP contribution in [0.25, 0.3) is 0 Å². The highest BCUT2D eigenvalue weighted by Gasteiger charge is 2.39. The minimum absolute atomic E-state index is 0.180. The number of sulfonamides is 1. The summed E-state index contributed by atoms with van der Waals surface area (Å²) in [6, 6.07) is 11.8. The summed E-state index contributed by atoms with van der Waals surface area (Å²) < 4.78 is 28.9. The number of nitrogens with two attached hydrogens (primary N) is 1. The van der Waals surface area contributed by atoms with Crippen molar-refractivity contribution in [1.82, 2.24) is 24.7 Å². The van der Waals surface area contributed by atoms with E-state index in [4.69, 9.17) is 17.3 Å². The van der Waals surface area contributed by atoms with E-state index in [1.807, 2.05) is 7.05 Å². The van der Waals surface area contributed by atoms with Crippen molar-refractivity contribution in [2.24, 2.45) is 5.73 Å². The summed E-state index contributed by atoms with van der Waals surface area (Å²) in [4.78, 5) is 45.6. The minimum atomic E-state index is -3.99. The molecule has 0 saturated carbocycles. The van der Waals surface area contributed by atoms with E-state index in [0.717, 1.165) is 11.1 Å². The van der Waals surface area contributed by atoms with Crippen molar-refractivity contribution in [3.8, 4) is 0 Å². The highest BCUT2D eigenvalue weighted by Crippen LogP contribution is 2.22. The molecular formula is C29H39ClN6O5S. The summed E-state index contributed by atoms with van der Waals surface area (Å²) in [5.41, 5.74) is 8.00. The smallest absolute Gasteiger partial charge is 0.243 e. The predicted molar refractivity (Wildman–Crippen MR) is 161 cm³/mol. The van der Waals surface area contributed by atoms with Crippen molar-refractivity contribution in [2.45, 2.75) is 50.2 Å². The molecule has 2 atom stereocenters. The molecule has 42 heavy (non-hydrogen) atoms. The van der Waals surface area contributed by atoms with Crippen LogP contribution in [-0.4, -0.2) is 92.7 Å². The molecule has 2 aliphatic heterocycles. The fourth-order valence-corrected chi connectivity index (χ4v) is 6.88. The van der Waals surface area contributed by atoms with Gasteiger partial charge in [0, 0.05) is 50.8 Å². The molecule has 0 bridgehead atoms. The SMILES string of the molecule is CN1CCN(C(=O)CC(NS(=O)(=O)Cc2ccccc2)C(=O)N2CCC[C@H]2C(=O)NCc2cc(Cl)ccc2CN)CC1. The minimum Gasteiger partial charge on any atom is -0.350 e. The third-order valence-corrected chi connectivity index (χ3v) is 9.33. The maximum Gasteiger partial charge on any atom is 0.243 e. The quantitative estimate of drug-likeness (QED) is 0.341. The van der Waals surface area contributed by atoms with Crippen molar-refractivity contribution >= 4 is 39.3 Å². The van der Waals surface area contributed by atoms with Crippen LogP contribution in [-0.2, 0) is 43.2 Å². The number of rotatable bonds is 11. The summed E-state index contributed by atoms with van der Waals surface area (Å²) in [5, 5.41) is 3.40. The first-order chi connectivity index (χ1) is 20.1. The molecule has 0 radical (unpaired) electrons. The summed E-state index contributed by atoms with van der Waals surface area (Å²) in [6.45, 7) is 3.11. The van der Waals surface area contributed by atoms with E-state index in [1.165, 1.54) is 4.90 Å². The zero-order chi connectivity index (χ0) is 30.3. The zero-order valence-electron chi connectivity index (χ0n) is 23.8. The molecule has 4 rings (SSSR count). The monoisotopic (exact) mass is 618 g/mol. The van der Waals surface area contributed by atoms with Gasteiger partial charge in [-0.15, -0.1) is 0 Å². The predicted octanol–water partition coefficient (Wildman–Crippen LogP) is 1.06. The van der Waals surface area contributed by atoms with Gasteiger partial charge in [-0.2, -0.15) is 0 Å². The van der Waals surface area contributed by atoms with Gasteiger partial charge in [0.25, 0.3) is 0 Å². The number of amides is 3. The largest absolute Gasteiger partial charge is 0.350 e. The molecule has 0 aromatic heterocycles. The molecule has 228 valence electrons. The molecule has 1 unspecified atom stereocenters. The van der Waals surface area contributed by atoms with Crippen LogP contribution in [0.15, 0.2) is 48.5 Å². The first-order valence-electron chi connectivity index (χ1n) is 14.1. The van der Waals surface area contributed by atoms with Crippen LogP contribution < -0.4 is 15.8 Å². The van der Waals surface area contributed by atoms with Crippen LogP contribution in [0.3, 0.4) is 0 Å². The lowest BCUT2D eigenvalue weighted by Gasteiger charge is -2.34. The second-order valence-corrected chi connectivity index (χ2v) is 13.0. The normalized spacial score (nSPS) is 18.6. The number of piperazine rings is 1. The molecule has 3 amide bonds. The molecular weight excluding hydrogens is 580 g/mol. The highest BCUT2D eigenvalue weighted by molar-refractivity contribution is 7.88. The second kappa shape index (κ2) is 14.4. The molecule has 13 heteroatoms. The van der Waals surface area contributed by atoms with Crippen molar-refractivity contribution in [1.29, 1.82) is 0 Å². The van der Waals surface area contributed by atoms with Crippen LogP contribution in [0.2, 0.25) is 5.02 Å². The molecule has 2 aromatic carbocycles. The van der Waals surface area contributed by atoms with E-state index in [1.54, 1.807) is 53.4 Å². The first-order valence-corrected chi connectivity index (χ1v) is 16.1. The van der Waals surface area contributed by atoms with E-state index in [-0.39, 0.29) is 43.6 Å². The number of likely N-dealkylation sites (tertiary alicyclic amines) is 1. The number of hydrogen-bond acceptors (Lipinski definition) is 7. The topological polar surface area (TPSA) is 145 Å². The van der Waals surface area contributed by atoms with Gasteiger partial charge < -0.3 is 25.8 Å². The summed E-state index contributed by atoms with van der Waals surface area (Å²) in [5.74, 6) is -1.59. The average molecular weight is 619 g/mol. The number of carbonyl (C=O) groups is 3. The van der Waals surface area contributed by atoms with Crippen LogP contribution in [0.1, 0.15) is 36.0 Å². The molecule has 4 N–H and O–H groups in total. The van der Waals surface area contributed by atoms with Crippen molar-refractivity contribution < 1.29 is 22.8 Å². The number of halogens is 1. The molecule has 2 fully saturated rings. The fraction of sp³-hybridized carbons (Fsp3) is 0.483. The molecule has 2 aromatic rings. The van der Waals surface area contributed by atoms with Crippen molar-refractivity contribution in [2.75, 3.05) is 39.8 Å². The van der Waals surface area contributed by atoms with Crippen LogP contribution in [0.5, 0.6) is 0 Å². The lowest BCUT2D eigenvalue weighted by molar-refractivity contribution is -0.142. The van der Waals surface area contributed by atoms with Crippen LogP contribution in [0, 0.1) is 0 Å². The zero-order valence-corrected chi connectivity index (χ0v) is 25.4. The van der Waals surface area contributed by atoms with E-state index in [0.29, 0.717) is 49.6 Å². The van der Waals surface area contributed by atoms with E-state index >= 15 is 0 Å². The van der Waals surface area contributed by atoms with Gasteiger partial charge in [-0.1, -0.05) is 48.0 Å². The number of nitrogens with one attached hydrogen (secondary N) is 2. The maximum atomic E-state index is 13.9. The summed E-state index contributed by atoms with van der Waals surface area (Å²) in [6.07, 6.45) is 0.668. The molecule has 11 nitrogen and oxygen atoms in total. The van der Waals surface area contributed by atoms with E-state index < -0.39 is 28.0 Å². The van der Waals surface area contributed by atoms with Gasteiger partial charge >= 0.3 is 0 Å². The Balaban J connectivity index is 1.49. The van der Waals surface area contributed by atoms with Gasteiger partial charge in [-0.3, -0.25) is 14.4 Å². The van der Waals surface area contributed by atoms with E-state index in [9.17, 15) is 22.8 Å². The fourth-order valence-electron chi connectivity index (χ4n) is 5.35. The number of hydrogen-bond donors (Lipinski definition) is 3. The lowest BCUT2D eigenvalue weighted by Crippen LogP contribution is -2.55. The summed E-state index contributed by atoms with van der Waals surface area (Å²) >= 11 is 6.13. The number of benzene rings is 2. The number of carbonyl (C=O) groups excluding carboxylic acids is 3. The Kier molecular flexibility index (Phi) is 11.0. The van der Waals surface area contributed by atoms with Gasteiger partial charge in [0.15, 0.2) is 0 Å². The van der Waals surface area contributed by atoms with Gasteiger partial charge in [-0.25, -0.2) is 13.1 Å². The van der Waals surface area contributed by atoms with Gasteiger partial charge in [0.2, 0.25) is 27.7 Å². The number of likely N-dealkylation sites (N-methyl/N-ethyl adjacent to an activating group) is 1.